The number of nitrogens with one attached hydrogen (secondary N) is 2. The van der Waals surface area contributed by atoms with E-state index in [9.17, 15) is 4.79 Å². The van der Waals surface area contributed by atoms with Crippen LogP contribution in [0.15, 0.2) is 35.3 Å². The summed E-state index contributed by atoms with van der Waals surface area (Å²) in [4.78, 5) is 17.7. The van der Waals surface area contributed by atoms with Gasteiger partial charge in [0.2, 0.25) is 5.91 Å². The Bertz CT molecular complexity index is 532. The first-order valence-electron chi connectivity index (χ1n) is 9.37. The van der Waals surface area contributed by atoms with Gasteiger partial charge in [0.15, 0.2) is 5.96 Å². The molecule has 0 heterocycles. The van der Waals surface area contributed by atoms with Crippen LogP contribution in [0.1, 0.15) is 32.3 Å². The minimum absolute atomic E-state index is 0.0131. The molecule has 1 unspecified atom stereocenters. The number of rotatable bonds is 11. The van der Waals surface area contributed by atoms with Crippen molar-refractivity contribution in [2.24, 2.45) is 10.9 Å². The lowest BCUT2D eigenvalue weighted by molar-refractivity contribution is -0.127. The van der Waals surface area contributed by atoms with Gasteiger partial charge in [0.05, 0.1) is 13.2 Å². The second kappa shape index (κ2) is 13.2. The third kappa shape index (κ3) is 10.0. The minimum atomic E-state index is -0.0131. The van der Waals surface area contributed by atoms with Crippen LogP contribution in [0, 0.1) is 5.92 Å². The van der Waals surface area contributed by atoms with E-state index < -0.39 is 0 Å². The Morgan fingerprint density at radius 1 is 1.23 bits per heavy atom. The molecule has 1 rings (SSSR count). The van der Waals surface area contributed by atoms with Crippen LogP contribution >= 0.6 is 0 Å². The van der Waals surface area contributed by atoms with Crippen LogP contribution in [-0.2, 0) is 16.1 Å². The fraction of sp³-hybridized carbons (Fsp3) is 0.600. The molecular formula is C20H34N4O2. The summed E-state index contributed by atoms with van der Waals surface area (Å²) in [5.74, 6) is 1.01. The summed E-state index contributed by atoms with van der Waals surface area (Å²) in [5, 5.41) is 6.59. The molecule has 6 nitrogen and oxygen atoms in total. The standard InChI is InChI=1S/C20H34N4O2/c1-5-6-12-21-20(23-14-19(25)24(3)4)22-13-17(2)15-26-16-18-10-8-7-9-11-18/h7-11,17H,5-6,12-16H2,1-4H3,(H2,21,22,23). The molecule has 2 N–H and O–H groups in total. The first kappa shape index (κ1) is 22.0. The van der Waals surface area contributed by atoms with E-state index in [1.165, 1.54) is 5.56 Å². The molecule has 0 aliphatic carbocycles. The fourth-order valence-electron chi connectivity index (χ4n) is 2.13. The highest BCUT2D eigenvalue weighted by Crippen LogP contribution is 2.02. The summed E-state index contributed by atoms with van der Waals surface area (Å²) in [7, 11) is 3.48. The highest BCUT2D eigenvalue weighted by Gasteiger charge is 2.07. The van der Waals surface area contributed by atoms with Crippen LogP contribution < -0.4 is 10.6 Å². The van der Waals surface area contributed by atoms with Crippen molar-refractivity contribution in [1.29, 1.82) is 0 Å². The maximum Gasteiger partial charge on any atom is 0.243 e. The first-order chi connectivity index (χ1) is 12.5. The van der Waals surface area contributed by atoms with E-state index in [4.69, 9.17) is 4.74 Å². The number of likely N-dealkylation sites (N-methyl/N-ethyl adjacent to an activating group) is 1. The smallest absolute Gasteiger partial charge is 0.243 e. The molecule has 0 aromatic heterocycles. The average Bonchev–Trinajstić information content (AvgIpc) is 2.64. The fourth-order valence-corrected chi connectivity index (χ4v) is 2.13. The quantitative estimate of drug-likeness (QED) is 0.360. The van der Waals surface area contributed by atoms with Crippen LogP contribution in [0.2, 0.25) is 0 Å². The van der Waals surface area contributed by atoms with Crippen LogP contribution in [0.4, 0.5) is 0 Å². The number of unbranched alkanes of at least 4 members (excludes halogenated alkanes) is 1. The first-order valence-corrected chi connectivity index (χ1v) is 9.37. The van der Waals surface area contributed by atoms with E-state index in [2.05, 4.69) is 41.6 Å². The van der Waals surface area contributed by atoms with Gasteiger partial charge in [-0.25, -0.2) is 4.99 Å². The van der Waals surface area contributed by atoms with Crippen LogP contribution in [0.25, 0.3) is 0 Å². The molecule has 26 heavy (non-hydrogen) atoms. The maximum absolute atomic E-state index is 11.7. The second-order valence-corrected chi connectivity index (χ2v) is 6.72. The number of benzene rings is 1. The molecule has 0 bridgehead atoms. The summed E-state index contributed by atoms with van der Waals surface area (Å²) in [5.41, 5.74) is 1.18. The lowest BCUT2D eigenvalue weighted by atomic mass is 10.2. The molecule has 1 amide bonds. The minimum Gasteiger partial charge on any atom is -0.376 e. The van der Waals surface area contributed by atoms with E-state index >= 15 is 0 Å². The maximum atomic E-state index is 11.7. The Morgan fingerprint density at radius 3 is 2.62 bits per heavy atom. The van der Waals surface area contributed by atoms with Crippen LogP contribution in [-0.4, -0.2) is 57.1 Å². The third-order valence-corrected chi connectivity index (χ3v) is 3.83. The predicted octanol–water partition coefficient (Wildman–Crippen LogP) is 2.26. The van der Waals surface area contributed by atoms with Gasteiger partial charge in [-0.3, -0.25) is 4.79 Å². The van der Waals surface area contributed by atoms with Crippen LogP contribution in [0.5, 0.6) is 0 Å². The zero-order valence-corrected chi connectivity index (χ0v) is 16.6. The number of carbonyl (C=O) groups is 1. The van der Waals surface area contributed by atoms with Crippen molar-refractivity contribution in [1.82, 2.24) is 15.5 Å². The van der Waals surface area contributed by atoms with Crippen molar-refractivity contribution < 1.29 is 9.53 Å². The summed E-state index contributed by atoms with van der Waals surface area (Å²) in [6, 6.07) is 10.2. The van der Waals surface area contributed by atoms with E-state index in [1.54, 1.807) is 19.0 Å². The molecule has 1 aromatic carbocycles. The molecule has 0 aliphatic rings. The highest BCUT2D eigenvalue weighted by molar-refractivity contribution is 5.84. The number of amides is 1. The number of hydrogen-bond donors (Lipinski definition) is 2. The molecule has 0 saturated heterocycles. The Balaban J connectivity index is 2.37. The second-order valence-electron chi connectivity index (χ2n) is 6.72. The van der Waals surface area contributed by atoms with Crippen LogP contribution in [0.3, 0.4) is 0 Å². The molecular weight excluding hydrogens is 328 g/mol. The Hall–Kier alpha value is -2.08. The van der Waals surface area contributed by atoms with Gasteiger partial charge >= 0.3 is 0 Å². The molecule has 0 radical (unpaired) electrons. The highest BCUT2D eigenvalue weighted by atomic mass is 16.5. The molecule has 1 aromatic rings. The normalized spacial score (nSPS) is 12.5. The van der Waals surface area contributed by atoms with Gasteiger partial charge in [-0.2, -0.15) is 0 Å². The summed E-state index contributed by atoms with van der Waals surface area (Å²) >= 11 is 0. The predicted molar refractivity (Wildman–Crippen MR) is 107 cm³/mol. The number of nitrogens with zero attached hydrogens (tertiary/aromatic N) is 2. The van der Waals surface area contributed by atoms with E-state index in [-0.39, 0.29) is 12.5 Å². The zero-order chi connectivity index (χ0) is 19.2. The number of carbonyl (C=O) groups excluding carboxylic acids is 1. The number of guanidine groups is 1. The van der Waals surface area contributed by atoms with Crippen molar-refractivity contribution >= 4 is 11.9 Å². The molecule has 0 fully saturated rings. The lowest BCUT2D eigenvalue weighted by Crippen LogP contribution is -2.41. The van der Waals surface area contributed by atoms with Crippen molar-refractivity contribution in [3.05, 3.63) is 35.9 Å². The largest absolute Gasteiger partial charge is 0.376 e. The Labute approximate surface area is 158 Å². The summed E-state index contributed by atoms with van der Waals surface area (Å²) in [6.07, 6.45) is 2.18. The van der Waals surface area contributed by atoms with Gasteiger partial charge in [0.1, 0.15) is 6.54 Å². The van der Waals surface area contributed by atoms with Gasteiger partial charge in [0.25, 0.3) is 0 Å². The monoisotopic (exact) mass is 362 g/mol. The summed E-state index contributed by atoms with van der Waals surface area (Å²) < 4.78 is 5.78. The van der Waals surface area contributed by atoms with Crippen molar-refractivity contribution in [3.8, 4) is 0 Å². The van der Waals surface area contributed by atoms with Gasteiger partial charge < -0.3 is 20.3 Å². The number of aliphatic imine (C=N–C) groups is 1. The van der Waals surface area contributed by atoms with E-state index in [0.717, 1.165) is 25.9 Å². The molecule has 146 valence electrons. The van der Waals surface area contributed by atoms with Crippen molar-refractivity contribution in [2.75, 3.05) is 40.3 Å². The topological polar surface area (TPSA) is 66.0 Å². The third-order valence-electron chi connectivity index (χ3n) is 3.83. The Morgan fingerprint density at radius 2 is 1.96 bits per heavy atom. The van der Waals surface area contributed by atoms with E-state index in [0.29, 0.717) is 25.1 Å². The molecule has 0 spiro atoms. The number of ether oxygens (including phenoxy) is 1. The average molecular weight is 363 g/mol. The molecule has 0 aliphatic heterocycles. The van der Waals surface area contributed by atoms with Crippen molar-refractivity contribution in [2.45, 2.75) is 33.3 Å². The SMILES string of the molecule is CCCCNC(=NCC(=O)N(C)C)NCC(C)COCc1ccccc1. The lowest BCUT2D eigenvalue weighted by Gasteiger charge is -2.17. The molecule has 0 saturated carbocycles. The molecule has 1 atom stereocenters. The zero-order valence-electron chi connectivity index (χ0n) is 16.6. The van der Waals surface area contributed by atoms with Gasteiger partial charge in [-0.05, 0) is 17.9 Å². The molecule has 6 heteroatoms. The Kier molecular flexibility index (Phi) is 11.1. The van der Waals surface area contributed by atoms with E-state index in [1.807, 2.05) is 18.2 Å². The van der Waals surface area contributed by atoms with Crippen molar-refractivity contribution in [3.63, 3.8) is 0 Å². The van der Waals surface area contributed by atoms with Gasteiger partial charge in [-0.15, -0.1) is 0 Å². The van der Waals surface area contributed by atoms with Gasteiger partial charge in [0, 0.05) is 27.2 Å². The number of hydrogen-bond acceptors (Lipinski definition) is 3. The van der Waals surface area contributed by atoms with Gasteiger partial charge in [-0.1, -0.05) is 50.6 Å². The summed E-state index contributed by atoms with van der Waals surface area (Å²) in [6.45, 7) is 7.30.